The Morgan fingerprint density at radius 1 is 1.64 bits per heavy atom. The van der Waals surface area contributed by atoms with Crippen molar-refractivity contribution in [3.05, 3.63) is 29.9 Å². The van der Waals surface area contributed by atoms with Crippen LogP contribution in [0.5, 0.6) is 0 Å². The summed E-state index contributed by atoms with van der Waals surface area (Å²) in [4.78, 5) is 15.4. The molecule has 72 valence electrons. The molecular weight excluding hydrogens is 200 g/mol. The van der Waals surface area contributed by atoms with Crippen molar-refractivity contribution in [2.75, 3.05) is 6.26 Å². The number of furan rings is 1. The predicted octanol–water partition coefficient (Wildman–Crippen LogP) is 1.47. The zero-order valence-corrected chi connectivity index (χ0v) is 8.30. The van der Waals surface area contributed by atoms with Gasteiger partial charge < -0.3 is 4.42 Å². The van der Waals surface area contributed by atoms with Gasteiger partial charge in [0, 0.05) is 6.08 Å². The van der Waals surface area contributed by atoms with Gasteiger partial charge in [-0.2, -0.15) is 0 Å². The highest BCUT2D eigenvalue weighted by Crippen LogP contribution is 2.14. The van der Waals surface area contributed by atoms with Gasteiger partial charge in [0.2, 0.25) is 0 Å². The van der Waals surface area contributed by atoms with Crippen molar-refractivity contribution in [2.24, 2.45) is 4.99 Å². The third-order valence-electron chi connectivity index (χ3n) is 1.69. The van der Waals surface area contributed by atoms with Gasteiger partial charge in [0.25, 0.3) is 5.91 Å². The maximum Gasteiger partial charge on any atom is 0.276 e. The average Bonchev–Trinajstić information content (AvgIpc) is 2.78. The van der Waals surface area contributed by atoms with E-state index in [9.17, 15) is 4.79 Å². The molecule has 0 bridgehead atoms. The van der Waals surface area contributed by atoms with Gasteiger partial charge in [-0.1, -0.05) is 11.8 Å². The molecule has 1 aliphatic rings. The van der Waals surface area contributed by atoms with E-state index in [4.69, 9.17) is 4.42 Å². The van der Waals surface area contributed by atoms with Crippen molar-refractivity contribution in [2.45, 2.75) is 0 Å². The number of thioether (sulfide) groups is 1. The molecule has 1 aromatic rings. The van der Waals surface area contributed by atoms with Crippen LogP contribution in [0.25, 0.3) is 6.08 Å². The van der Waals surface area contributed by atoms with Crippen LogP contribution in [-0.2, 0) is 4.79 Å². The summed E-state index contributed by atoms with van der Waals surface area (Å²) in [5.41, 5.74) is 0.379. The number of rotatable bonds is 1. The van der Waals surface area contributed by atoms with Crippen molar-refractivity contribution in [3.63, 3.8) is 0 Å². The van der Waals surface area contributed by atoms with E-state index in [0.717, 1.165) is 0 Å². The Morgan fingerprint density at radius 3 is 3.07 bits per heavy atom. The van der Waals surface area contributed by atoms with Crippen LogP contribution in [0.4, 0.5) is 0 Å². The van der Waals surface area contributed by atoms with Gasteiger partial charge in [0.05, 0.1) is 6.26 Å². The van der Waals surface area contributed by atoms with Gasteiger partial charge >= 0.3 is 0 Å². The molecule has 14 heavy (non-hydrogen) atoms. The molecule has 0 radical (unpaired) electrons. The van der Waals surface area contributed by atoms with Gasteiger partial charge in [0.1, 0.15) is 11.5 Å². The summed E-state index contributed by atoms with van der Waals surface area (Å²) in [6, 6.07) is 3.53. The molecule has 4 nitrogen and oxygen atoms in total. The second kappa shape index (κ2) is 3.71. The SMILES string of the molecule is CSC1=NC(=Cc2ccco2)C(=O)N1. The highest BCUT2D eigenvalue weighted by Gasteiger charge is 2.19. The van der Waals surface area contributed by atoms with E-state index < -0.39 is 0 Å². The summed E-state index contributed by atoms with van der Waals surface area (Å²) in [6.45, 7) is 0. The Morgan fingerprint density at radius 2 is 2.50 bits per heavy atom. The van der Waals surface area contributed by atoms with Gasteiger partial charge in [-0.05, 0) is 18.4 Å². The molecule has 0 atom stereocenters. The third kappa shape index (κ3) is 1.72. The van der Waals surface area contributed by atoms with Gasteiger partial charge in [0.15, 0.2) is 5.17 Å². The Kier molecular flexibility index (Phi) is 2.41. The highest BCUT2D eigenvalue weighted by atomic mass is 32.2. The predicted molar refractivity (Wildman–Crippen MR) is 55.8 cm³/mol. The van der Waals surface area contributed by atoms with E-state index in [1.807, 2.05) is 6.26 Å². The second-order valence-corrected chi connectivity index (χ2v) is 3.42. The van der Waals surface area contributed by atoms with E-state index in [2.05, 4.69) is 10.3 Å². The topological polar surface area (TPSA) is 54.6 Å². The molecule has 0 fully saturated rings. The normalized spacial score (nSPS) is 18.5. The summed E-state index contributed by atoms with van der Waals surface area (Å²) in [7, 11) is 0. The van der Waals surface area contributed by atoms with E-state index in [-0.39, 0.29) is 5.91 Å². The Hall–Kier alpha value is -1.49. The molecule has 0 unspecified atom stereocenters. The lowest BCUT2D eigenvalue weighted by molar-refractivity contribution is -0.115. The molecule has 1 aliphatic heterocycles. The fourth-order valence-electron chi connectivity index (χ4n) is 1.05. The molecule has 0 aliphatic carbocycles. The molecule has 0 spiro atoms. The molecule has 1 aromatic heterocycles. The minimum atomic E-state index is -0.189. The number of aliphatic imine (C=N–C) groups is 1. The molecule has 5 heteroatoms. The molecule has 2 rings (SSSR count). The Balaban J connectivity index is 2.27. The summed E-state index contributed by atoms with van der Waals surface area (Å²) >= 11 is 1.40. The molecule has 2 heterocycles. The minimum absolute atomic E-state index is 0.189. The zero-order valence-electron chi connectivity index (χ0n) is 7.48. The summed E-state index contributed by atoms with van der Waals surface area (Å²) in [5, 5.41) is 3.25. The first-order valence-electron chi connectivity index (χ1n) is 3.99. The van der Waals surface area contributed by atoms with Crippen LogP contribution < -0.4 is 5.32 Å². The standard InChI is InChI=1S/C9H8N2O2S/c1-14-9-10-7(8(12)11-9)5-6-3-2-4-13-6/h2-5H,1H3,(H,10,11,12). The second-order valence-electron chi connectivity index (χ2n) is 2.62. The van der Waals surface area contributed by atoms with Gasteiger partial charge in [-0.15, -0.1) is 0 Å². The first-order chi connectivity index (χ1) is 6.79. The van der Waals surface area contributed by atoms with Crippen LogP contribution in [0, 0.1) is 0 Å². The lowest BCUT2D eigenvalue weighted by Gasteiger charge is -1.90. The number of nitrogens with zero attached hydrogens (tertiary/aromatic N) is 1. The zero-order chi connectivity index (χ0) is 9.97. The quantitative estimate of drug-likeness (QED) is 0.711. The van der Waals surface area contributed by atoms with Crippen LogP contribution in [0.2, 0.25) is 0 Å². The lowest BCUT2D eigenvalue weighted by atomic mass is 10.3. The van der Waals surface area contributed by atoms with Crippen LogP contribution in [0.3, 0.4) is 0 Å². The first kappa shape index (κ1) is 9.08. The van der Waals surface area contributed by atoms with Crippen molar-refractivity contribution >= 4 is 28.9 Å². The van der Waals surface area contributed by atoms with Gasteiger partial charge in [-0.25, -0.2) is 4.99 Å². The Bertz CT molecular complexity index is 406. The summed E-state index contributed by atoms with van der Waals surface area (Å²) in [5.74, 6) is 0.437. The minimum Gasteiger partial charge on any atom is -0.465 e. The van der Waals surface area contributed by atoms with E-state index in [1.165, 1.54) is 11.8 Å². The highest BCUT2D eigenvalue weighted by molar-refractivity contribution is 8.13. The van der Waals surface area contributed by atoms with Crippen LogP contribution in [0.1, 0.15) is 5.76 Å². The molecule has 0 saturated heterocycles. The molecular formula is C9H8N2O2S. The largest absolute Gasteiger partial charge is 0.465 e. The fraction of sp³-hybridized carbons (Fsp3) is 0.111. The van der Waals surface area contributed by atoms with Crippen LogP contribution in [-0.4, -0.2) is 17.3 Å². The number of nitrogens with one attached hydrogen (secondary N) is 1. The molecule has 1 N–H and O–H groups in total. The summed E-state index contributed by atoms with van der Waals surface area (Å²) in [6.07, 6.45) is 5.02. The number of hydrogen-bond donors (Lipinski definition) is 1. The van der Waals surface area contributed by atoms with Crippen molar-refractivity contribution in [1.82, 2.24) is 5.32 Å². The molecule has 0 saturated carbocycles. The van der Waals surface area contributed by atoms with Crippen LogP contribution >= 0.6 is 11.8 Å². The number of carbonyl (C=O) groups is 1. The first-order valence-corrected chi connectivity index (χ1v) is 5.21. The van der Waals surface area contributed by atoms with E-state index >= 15 is 0 Å². The van der Waals surface area contributed by atoms with Crippen molar-refractivity contribution < 1.29 is 9.21 Å². The summed E-state index contributed by atoms with van der Waals surface area (Å²) < 4.78 is 5.08. The number of amidine groups is 1. The number of amides is 1. The van der Waals surface area contributed by atoms with E-state index in [1.54, 1.807) is 24.5 Å². The smallest absolute Gasteiger partial charge is 0.276 e. The van der Waals surface area contributed by atoms with Crippen molar-refractivity contribution in [3.8, 4) is 0 Å². The molecule has 1 amide bonds. The Labute approximate surface area is 85.1 Å². The monoisotopic (exact) mass is 208 g/mol. The number of carbonyl (C=O) groups excluding carboxylic acids is 1. The lowest BCUT2D eigenvalue weighted by Crippen LogP contribution is -2.21. The number of hydrogen-bond acceptors (Lipinski definition) is 4. The fourth-order valence-corrected chi connectivity index (χ4v) is 1.44. The van der Waals surface area contributed by atoms with Gasteiger partial charge in [-0.3, -0.25) is 10.1 Å². The average molecular weight is 208 g/mol. The molecule has 0 aromatic carbocycles. The van der Waals surface area contributed by atoms with E-state index in [0.29, 0.717) is 16.6 Å². The maximum absolute atomic E-state index is 11.3. The van der Waals surface area contributed by atoms with Crippen LogP contribution in [0.15, 0.2) is 33.5 Å². The maximum atomic E-state index is 11.3. The van der Waals surface area contributed by atoms with Crippen molar-refractivity contribution in [1.29, 1.82) is 0 Å². The third-order valence-corrected chi connectivity index (χ3v) is 2.27.